The highest BCUT2D eigenvalue weighted by atomic mass is 35.5. The van der Waals surface area contributed by atoms with E-state index in [0.717, 1.165) is 41.2 Å². The lowest BCUT2D eigenvalue weighted by molar-refractivity contribution is -0.138. The number of carbonyl (C=O) groups excluding carboxylic acids is 3. The Morgan fingerprint density at radius 3 is 2.66 bits per heavy atom. The number of amides is 2. The van der Waals surface area contributed by atoms with Crippen LogP contribution in [0.4, 0.5) is 0 Å². The largest absolute Gasteiger partial charge is 0.372 e. The van der Waals surface area contributed by atoms with E-state index in [-0.39, 0.29) is 43.5 Å². The highest BCUT2D eigenvalue weighted by Gasteiger charge is 2.41. The summed E-state index contributed by atoms with van der Waals surface area (Å²) in [7, 11) is 0. The number of hydrogen-bond acceptors (Lipinski definition) is 10. The van der Waals surface area contributed by atoms with Crippen molar-refractivity contribution in [1.82, 2.24) is 30.8 Å². The van der Waals surface area contributed by atoms with Gasteiger partial charge in [-0.2, -0.15) is 0 Å². The van der Waals surface area contributed by atoms with Crippen LogP contribution in [0.25, 0.3) is 10.2 Å². The zero-order chi connectivity index (χ0) is 35.0. The maximum Gasteiger partial charge on any atom is 0.243 e. The van der Waals surface area contributed by atoms with Gasteiger partial charge in [0.05, 0.1) is 46.1 Å². The number of piperidine rings is 1. The van der Waals surface area contributed by atoms with Gasteiger partial charge in [0, 0.05) is 35.8 Å². The third kappa shape index (κ3) is 9.23. The Bertz CT molecular complexity index is 1780. The SMILES string of the molecule is N=C(N)NCCC[C@H](NC(=O)[C@@H]1C[C@@H](OCc2ccc(Cl)cc2)CN1C(=O)Cc1csc(C2CCNCC2)n1)C(=O)c1nc2ccccc2s1. The van der Waals surface area contributed by atoms with Crippen LogP contribution in [0.5, 0.6) is 0 Å². The van der Waals surface area contributed by atoms with E-state index in [9.17, 15) is 14.4 Å². The molecule has 0 spiro atoms. The number of fused-ring (bicyclic) bond motifs is 1. The molecular formula is C35H41ClN8O4S2. The second-order valence-electron chi connectivity index (χ2n) is 12.6. The highest BCUT2D eigenvalue weighted by Crippen LogP contribution is 2.29. The van der Waals surface area contributed by atoms with Crippen LogP contribution in [0.1, 0.15) is 64.1 Å². The predicted octanol–water partition coefficient (Wildman–Crippen LogP) is 4.23. The zero-order valence-electron chi connectivity index (χ0n) is 27.5. The summed E-state index contributed by atoms with van der Waals surface area (Å²) in [6, 6.07) is 13.1. The molecule has 15 heteroatoms. The molecule has 0 saturated carbocycles. The average Bonchev–Trinajstić information content (AvgIpc) is 3.88. The summed E-state index contributed by atoms with van der Waals surface area (Å²) in [5, 5.41) is 20.5. The number of carbonyl (C=O) groups is 3. The molecule has 3 atom stereocenters. The Hall–Kier alpha value is -3.95. The molecule has 2 aromatic carbocycles. The van der Waals surface area contributed by atoms with Crippen molar-refractivity contribution in [3.05, 3.63) is 80.2 Å². The smallest absolute Gasteiger partial charge is 0.243 e. The van der Waals surface area contributed by atoms with E-state index in [1.807, 2.05) is 41.8 Å². The molecule has 6 rings (SSSR count). The lowest BCUT2D eigenvalue weighted by atomic mass is 9.99. The van der Waals surface area contributed by atoms with Crippen LogP contribution in [-0.4, -0.2) is 82.8 Å². The summed E-state index contributed by atoms with van der Waals surface area (Å²) >= 11 is 8.92. The summed E-state index contributed by atoms with van der Waals surface area (Å²) in [6.45, 7) is 2.80. The first kappa shape index (κ1) is 35.9. The van der Waals surface area contributed by atoms with E-state index in [0.29, 0.717) is 46.7 Å². The van der Waals surface area contributed by atoms with E-state index in [2.05, 4.69) is 20.9 Å². The van der Waals surface area contributed by atoms with Gasteiger partial charge in [0.2, 0.25) is 17.6 Å². The summed E-state index contributed by atoms with van der Waals surface area (Å²) in [5.74, 6) is -0.734. The molecule has 2 aliphatic rings. The second-order valence-corrected chi connectivity index (χ2v) is 15.0. The number of aromatic nitrogens is 2. The van der Waals surface area contributed by atoms with Gasteiger partial charge in [-0.05, 0) is 68.6 Å². The fourth-order valence-electron chi connectivity index (χ4n) is 6.35. The van der Waals surface area contributed by atoms with Crippen molar-refractivity contribution in [2.24, 2.45) is 5.73 Å². The maximum absolute atomic E-state index is 14.1. The van der Waals surface area contributed by atoms with Gasteiger partial charge in [-0.1, -0.05) is 35.9 Å². The number of hydrogen-bond donors (Lipinski definition) is 5. The van der Waals surface area contributed by atoms with Crippen LogP contribution < -0.4 is 21.7 Å². The van der Waals surface area contributed by atoms with Gasteiger partial charge in [0.1, 0.15) is 6.04 Å². The van der Waals surface area contributed by atoms with Crippen molar-refractivity contribution < 1.29 is 19.1 Å². The minimum absolute atomic E-state index is 0.0694. The molecular weight excluding hydrogens is 696 g/mol. The van der Waals surface area contributed by atoms with E-state index in [1.54, 1.807) is 28.4 Å². The van der Waals surface area contributed by atoms with Crippen LogP contribution in [-0.2, 0) is 27.4 Å². The first-order chi connectivity index (χ1) is 24.2. The van der Waals surface area contributed by atoms with Crippen LogP contribution in [0.3, 0.4) is 0 Å². The van der Waals surface area contributed by atoms with Crippen molar-refractivity contribution in [1.29, 1.82) is 5.41 Å². The molecule has 12 nitrogen and oxygen atoms in total. The third-order valence-electron chi connectivity index (χ3n) is 9.00. The quantitative estimate of drug-likeness (QED) is 0.0549. The van der Waals surface area contributed by atoms with Crippen molar-refractivity contribution in [3.63, 3.8) is 0 Å². The monoisotopic (exact) mass is 736 g/mol. The van der Waals surface area contributed by atoms with Crippen molar-refractivity contribution >= 4 is 68.0 Å². The Labute approximate surface area is 303 Å². The lowest BCUT2D eigenvalue weighted by Gasteiger charge is -2.26. The maximum atomic E-state index is 14.1. The molecule has 2 aliphatic heterocycles. The summed E-state index contributed by atoms with van der Waals surface area (Å²) in [5.41, 5.74) is 7.78. The van der Waals surface area contributed by atoms with Crippen molar-refractivity contribution in [2.45, 2.75) is 69.2 Å². The molecule has 0 aliphatic carbocycles. The van der Waals surface area contributed by atoms with Gasteiger partial charge >= 0.3 is 0 Å². The van der Waals surface area contributed by atoms with Crippen LogP contribution >= 0.6 is 34.3 Å². The number of para-hydroxylation sites is 1. The number of ketones is 1. The molecule has 50 heavy (non-hydrogen) atoms. The predicted molar refractivity (Wildman–Crippen MR) is 196 cm³/mol. The van der Waals surface area contributed by atoms with E-state index < -0.39 is 24.1 Å². The van der Waals surface area contributed by atoms with Gasteiger partial charge < -0.3 is 31.3 Å². The van der Waals surface area contributed by atoms with Gasteiger partial charge in [0.15, 0.2) is 11.0 Å². The highest BCUT2D eigenvalue weighted by molar-refractivity contribution is 7.20. The van der Waals surface area contributed by atoms with Crippen molar-refractivity contribution in [3.8, 4) is 0 Å². The van der Waals surface area contributed by atoms with Crippen LogP contribution in [0.2, 0.25) is 5.02 Å². The number of halogens is 1. The number of guanidine groups is 1. The van der Waals surface area contributed by atoms with Gasteiger partial charge in [0.25, 0.3) is 0 Å². The topological polar surface area (TPSA) is 175 Å². The zero-order valence-corrected chi connectivity index (χ0v) is 29.9. The summed E-state index contributed by atoms with van der Waals surface area (Å²) in [6.07, 6.45) is 2.73. The number of nitrogens with zero attached hydrogens (tertiary/aromatic N) is 3. The first-order valence-corrected chi connectivity index (χ1v) is 18.9. The van der Waals surface area contributed by atoms with E-state index >= 15 is 0 Å². The average molecular weight is 737 g/mol. The lowest BCUT2D eigenvalue weighted by Crippen LogP contribution is -2.51. The number of rotatable bonds is 14. The molecule has 2 amide bonds. The Morgan fingerprint density at radius 2 is 1.90 bits per heavy atom. The number of likely N-dealkylation sites (tertiary alicyclic amines) is 1. The number of Topliss-reactive ketones (excluding diaryl/α,β-unsaturated/α-hetero) is 1. The minimum atomic E-state index is -0.895. The molecule has 0 radical (unpaired) electrons. The molecule has 4 heterocycles. The van der Waals surface area contributed by atoms with E-state index in [1.165, 1.54) is 11.3 Å². The van der Waals surface area contributed by atoms with Gasteiger partial charge in [-0.25, -0.2) is 9.97 Å². The number of thiazole rings is 2. The molecule has 264 valence electrons. The molecule has 2 aromatic heterocycles. The normalized spacial score (nSPS) is 18.6. The number of nitrogens with two attached hydrogens (primary N) is 1. The fourth-order valence-corrected chi connectivity index (χ4v) is 8.42. The number of ether oxygens (including phenoxy) is 1. The van der Waals surface area contributed by atoms with Crippen LogP contribution in [0.15, 0.2) is 53.9 Å². The molecule has 0 unspecified atom stereocenters. The molecule has 6 N–H and O–H groups in total. The summed E-state index contributed by atoms with van der Waals surface area (Å²) < 4.78 is 7.10. The molecule has 2 saturated heterocycles. The summed E-state index contributed by atoms with van der Waals surface area (Å²) in [4.78, 5) is 52.8. The first-order valence-electron chi connectivity index (χ1n) is 16.8. The number of nitrogens with one attached hydrogen (secondary N) is 4. The Morgan fingerprint density at radius 1 is 1.12 bits per heavy atom. The number of benzene rings is 2. The standard InChI is InChI=1S/C35H41ClN8O4S2/c36-23-9-7-21(8-10-23)19-48-25-17-28(44(18-25)30(45)16-24-20-49-33(41-24)22-11-14-39-15-12-22)32(47)42-27(5-3-13-40-35(37)38)31(46)34-43-26-4-1-2-6-29(26)50-34/h1-2,4,6-10,20,22,25,27-28,39H,3,5,11-19H2,(H,42,47)(H4,37,38,40)/t25-,27+,28+/m1/s1. The third-order valence-corrected chi connectivity index (χ3v) is 11.4. The van der Waals surface area contributed by atoms with Gasteiger partial charge in [-0.3, -0.25) is 19.8 Å². The Balaban J connectivity index is 1.18. The molecule has 2 fully saturated rings. The van der Waals surface area contributed by atoms with Gasteiger partial charge in [-0.15, -0.1) is 22.7 Å². The fraction of sp³-hybridized carbons (Fsp3) is 0.429. The van der Waals surface area contributed by atoms with Crippen LogP contribution in [0, 0.1) is 5.41 Å². The minimum Gasteiger partial charge on any atom is -0.372 e. The molecule has 4 aromatic rings. The van der Waals surface area contributed by atoms with E-state index in [4.69, 9.17) is 32.5 Å². The van der Waals surface area contributed by atoms with Crippen molar-refractivity contribution in [2.75, 3.05) is 26.2 Å². The second kappa shape index (κ2) is 16.8. The molecule has 0 bridgehead atoms. The Kier molecular flexibility index (Phi) is 12.1.